The zero-order valence-electron chi connectivity index (χ0n) is 14.3. The van der Waals surface area contributed by atoms with Crippen LogP contribution < -0.4 is 5.56 Å². The van der Waals surface area contributed by atoms with E-state index in [1.807, 2.05) is 79.7 Å². The highest BCUT2D eigenvalue weighted by Gasteiger charge is 2.12. The van der Waals surface area contributed by atoms with Gasteiger partial charge in [-0.1, -0.05) is 72.3 Å². The largest absolute Gasteiger partial charge is 0.282 e. The minimum absolute atomic E-state index is 0.182. The SMILES string of the molecule is Cc1ccc(-c2nc3ccccc3c(=O)n2/N=C/c2ccccc2)cc1. The molecule has 4 rings (SSSR count). The molecular formula is C22H17N3O. The van der Waals surface area contributed by atoms with E-state index in [0.29, 0.717) is 16.7 Å². The van der Waals surface area contributed by atoms with Crippen LogP contribution in [0.2, 0.25) is 0 Å². The maximum absolute atomic E-state index is 13.0. The van der Waals surface area contributed by atoms with Crippen molar-refractivity contribution in [3.63, 3.8) is 0 Å². The van der Waals surface area contributed by atoms with Crippen LogP contribution in [0.25, 0.3) is 22.3 Å². The molecule has 0 unspecified atom stereocenters. The van der Waals surface area contributed by atoms with E-state index in [4.69, 9.17) is 4.98 Å². The molecule has 26 heavy (non-hydrogen) atoms. The predicted molar refractivity (Wildman–Crippen MR) is 106 cm³/mol. The lowest BCUT2D eigenvalue weighted by Crippen LogP contribution is -2.20. The first kappa shape index (κ1) is 16.0. The first-order valence-corrected chi connectivity index (χ1v) is 8.40. The number of hydrogen-bond acceptors (Lipinski definition) is 3. The van der Waals surface area contributed by atoms with Crippen LogP contribution in [0.4, 0.5) is 0 Å². The Labute approximate surface area is 151 Å². The second kappa shape index (κ2) is 6.76. The summed E-state index contributed by atoms with van der Waals surface area (Å²) in [5.41, 5.74) is 3.40. The molecule has 0 amide bonds. The summed E-state index contributed by atoms with van der Waals surface area (Å²) in [5.74, 6) is 0.529. The minimum Gasteiger partial charge on any atom is -0.267 e. The van der Waals surface area contributed by atoms with E-state index in [-0.39, 0.29) is 5.56 Å². The highest BCUT2D eigenvalue weighted by molar-refractivity contribution is 5.81. The quantitative estimate of drug-likeness (QED) is 0.524. The van der Waals surface area contributed by atoms with Crippen LogP contribution in [0.3, 0.4) is 0 Å². The van der Waals surface area contributed by atoms with Crippen LogP contribution in [0.15, 0.2) is 88.8 Å². The van der Waals surface area contributed by atoms with Crippen molar-refractivity contribution in [1.82, 2.24) is 9.66 Å². The number of aryl methyl sites for hydroxylation is 1. The summed E-state index contributed by atoms with van der Waals surface area (Å²) in [5, 5.41) is 4.99. The molecule has 126 valence electrons. The lowest BCUT2D eigenvalue weighted by atomic mass is 10.1. The van der Waals surface area contributed by atoms with E-state index >= 15 is 0 Å². The molecule has 0 N–H and O–H groups in total. The molecule has 0 saturated carbocycles. The van der Waals surface area contributed by atoms with Crippen LogP contribution in [-0.2, 0) is 0 Å². The molecule has 4 nitrogen and oxygen atoms in total. The number of para-hydroxylation sites is 1. The molecule has 4 heteroatoms. The Hall–Kier alpha value is -3.53. The molecule has 1 aromatic heterocycles. The van der Waals surface area contributed by atoms with Gasteiger partial charge in [-0.3, -0.25) is 4.79 Å². The van der Waals surface area contributed by atoms with E-state index in [1.165, 1.54) is 4.68 Å². The van der Waals surface area contributed by atoms with E-state index in [9.17, 15) is 4.79 Å². The number of rotatable bonds is 3. The minimum atomic E-state index is -0.182. The fourth-order valence-corrected chi connectivity index (χ4v) is 2.78. The van der Waals surface area contributed by atoms with Crippen molar-refractivity contribution < 1.29 is 0 Å². The van der Waals surface area contributed by atoms with E-state index in [1.54, 1.807) is 12.3 Å². The van der Waals surface area contributed by atoms with Gasteiger partial charge >= 0.3 is 0 Å². The van der Waals surface area contributed by atoms with Crippen molar-refractivity contribution >= 4 is 17.1 Å². The summed E-state index contributed by atoms with van der Waals surface area (Å²) in [6.45, 7) is 2.03. The number of benzene rings is 3. The average molecular weight is 339 g/mol. The lowest BCUT2D eigenvalue weighted by molar-refractivity contribution is 0.829. The van der Waals surface area contributed by atoms with Gasteiger partial charge in [0.25, 0.3) is 5.56 Å². The van der Waals surface area contributed by atoms with Crippen LogP contribution in [0.5, 0.6) is 0 Å². The molecule has 0 fully saturated rings. The third-order valence-electron chi connectivity index (χ3n) is 4.19. The van der Waals surface area contributed by atoms with E-state index in [2.05, 4.69) is 5.10 Å². The molecule has 0 aliphatic carbocycles. The van der Waals surface area contributed by atoms with Gasteiger partial charge in [-0.2, -0.15) is 9.78 Å². The molecule has 0 bridgehead atoms. The van der Waals surface area contributed by atoms with E-state index in [0.717, 1.165) is 16.7 Å². The van der Waals surface area contributed by atoms with Gasteiger partial charge < -0.3 is 0 Å². The van der Waals surface area contributed by atoms with Crippen molar-refractivity contribution in [1.29, 1.82) is 0 Å². The lowest BCUT2D eigenvalue weighted by Gasteiger charge is -2.09. The maximum Gasteiger partial charge on any atom is 0.282 e. The highest BCUT2D eigenvalue weighted by Crippen LogP contribution is 2.19. The fourth-order valence-electron chi connectivity index (χ4n) is 2.78. The zero-order chi connectivity index (χ0) is 17.9. The first-order chi connectivity index (χ1) is 12.7. The third kappa shape index (κ3) is 3.05. The first-order valence-electron chi connectivity index (χ1n) is 8.40. The van der Waals surface area contributed by atoms with Crippen LogP contribution in [0.1, 0.15) is 11.1 Å². The Morgan fingerprint density at radius 1 is 0.885 bits per heavy atom. The van der Waals surface area contributed by atoms with E-state index < -0.39 is 0 Å². The van der Waals surface area contributed by atoms with Gasteiger partial charge in [-0.25, -0.2) is 4.98 Å². The summed E-state index contributed by atoms with van der Waals surface area (Å²) in [6, 6.07) is 24.9. The molecule has 0 atom stereocenters. The van der Waals surface area contributed by atoms with Gasteiger partial charge in [0.1, 0.15) is 0 Å². The number of aromatic nitrogens is 2. The second-order valence-electron chi connectivity index (χ2n) is 6.09. The molecule has 3 aromatic carbocycles. The zero-order valence-corrected chi connectivity index (χ0v) is 14.3. The average Bonchev–Trinajstić information content (AvgIpc) is 2.69. The van der Waals surface area contributed by atoms with Crippen LogP contribution in [-0.4, -0.2) is 15.9 Å². The Bertz CT molecular complexity index is 1140. The Balaban J connectivity index is 1.95. The molecule has 0 radical (unpaired) electrons. The van der Waals surface area contributed by atoms with Gasteiger partial charge in [-0.05, 0) is 24.6 Å². The Kier molecular flexibility index (Phi) is 4.15. The molecular weight excluding hydrogens is 322 g/mol. The third-order valence-corrected chi connectivity index (χ3v) is 4.19. The molecule has 0 aliphatic rings. The van der Waals surface area contributed by atoms with Gasteiger partial charge in [-0.15, -0.1) is 0 Å². The smallest absolute Gasteiger partial charge is 0.267 e. The molecule has 1 heterocycles. The summed E-state index contributed by atoms with van der Waals surface area (Å²) in [6.07, 6.45) is 1.68. The van der Waals surface area contributed by atoms with Crippen LogP contribution >= 0.6 is 0 Å². The predicted octanol–water partition coefficient (Wildman–Crippen LogP) is 4.25. The van der Waals surface area contributed by atoms with Crippen molar-refractivity contribution in [2.45, 2.75) is 6.92 Å². The highest BCUT2D eigenvalue weighted by atomic mass is 16.1. The standard InChI is InChI=1S/C22H17N3O/c1-16-11-13-18(14-12-16)21-24-20-10-6-5-9-19(20)22(26)25(21)23-15-17-7-3-2-4-8-17/h2-15H,1H3/b23-15+. The number of hydrogen-bond donors (Lipinski definition) is 0. The molecule has 0 spiro atoms. The molecule has 0 saturated heterocycles. The molecule has 0 aliphatic heterocycles. The van der Waals surface area contributed by atoms with Gasteiger partial charge in [0.2, 0.25) is 0 Å². The fraction of sp³-hybridized carbons (Fsp3) is 0.0455. The normalized spacial score (nSPS) is 11.3. The monoisotopic (exact) mass is 339 g/mol. The second-order valence-corrected chi connectivity index (χ2v) is 6.09. The summed E-state index contributed by atoms with van der Waals surface area (Å²) in [7, 11) is 0. The summed E-state index contributed by atoms with van der Waals surface area (Å²) in [4.78, 5) is 17.7. The summed E-state index contributed by atoms with van der Waals surface area (Å²) >= 11 is 0. The van der Waals surface area contributed by atoms with Crippen molar-refractivity contribution in [3.05, 3.63) is 100 Å². The number of fused-ring (bicyclic) bond motifs is 1. The number of nitrogens with zero attached hydrogens (tertiary/aromatic N) is 3. The van der Waals surface area contributed by atoms with Gasteiger partial charge in [0.15, 0.2) is 5.82 Å². The van der Waals surface area contributed by atoms with Gasteiger partial charge in [0.05, 0.1) is 17.1 Å². The van der Waals surface area contributed by atoms with Crippen molar-refractivity contribution in [2.24, 2.45) is 5.10 Å². The van der Waals surface area contributed by atoms with Crippen LogP contribution in [0, 0.1) is 6.92 Å². The topological polar surface area (TPSA) is 47.2 Å². The van der Waals surface area contributed by atoms with Crippen molar-refractivity contribution in [2.75, 3.05) is 0 Å². The Morgan fingerprint density at radius 3 is 2.35 bits per heavy atom. The molecule has 4 aromatic rings. The van der Waals surface area contributed by atoms with Gasteiger partial charge in [0, 0.05) is 5.56 Å². The maximum atomic E-state index is 13.0. The van der Waals surface area contributed by atoms with Crippen molar-refractivity contribution in [3.8, 4) is 11.4 Å². The summed E-state index contributed by atoms with van der Waals surface area (Å²) < 4.78 is 1.38. The Morgan fingerprint density at radius 2 is 1.58 bits per heavy atom.